The molecular weight excluding hydrogens is 348 g/mol. The summed E-state index contributed by atoms with van der Waals surface area (Å²) >= 11 is 0. The number of amides is 1. The van der Waals surface area contributed by atoms with Gasteiger partial charge in [-0.2, -0.15) is 0 Å². The number of benzene rings is 1. The number of fused-ring (bicyclic) bond motifs is 1. The van der Waals surface area contributed by atoms with Crippen LogP contribution in [-0.2, 0) is 0 Å². The molecule has 2 heterocycles. The zero-order chi connectivity index (χ0) is 20.1. The molecule has 0 fully saturated rings. The number of nitrogens with zero attached hydrogens (tertiary/aromatic N) is 3. The summed E-state index contributed by atoms with van der Waals surface area (Å²) in [5.41, 5.74) is 5.36. The van der Waals surface area contributed by atoms with Crippen molar-refractivity contribution in [3.05, 3.63) is 59.4 Å². The largest absolute Gasteiger partial charge is 0.351 e. The molecule has 0 aliphatic carbocycles. The molecule has 1 N–H and O–H groups in total. The number of nitrogens with one attached hydrogen (secondary N) is 1. The summed E-state index contributed by atoms with van der Waals surface area (Å²) in [5.74, 6) is -0.0757. The molecule has 5 nitrogen and oxygen atoms in total. The van der Waals surface area contributed by atoms with Crippen LogP contribution in [0.3, 0.4) is 0 Å². The normalized spacial score (nSPS) is 11.3. The predicted octanol–water partition coefficient (Wildman–Crippen LogP) is 4.08. The van der Waals surface area contributed by atoms with Crippen molar-refractivity contribution in [3.8, 4) is 11.3 Å². The molecule has 2 aromatic heterocycles. The number of imidazole rings is 1. The van der Waals surface area contributed by atoms with E-state index in [1.54, 1.807) is 0 Å². The summed E-state index contributed by atoms with van der Waals surface area (Å²) in [6.45, 7) is 12.1. The Bertz CT molecular complexity index is 939. The fourth-order valence-electron chi connectivity index (χ4n) is 3.41. The third-order valence-corrected chi connectivity index (χ3v) is 5.14. The monoisotopic (exact) mass is 378 g/mol. The summed E-state index contributed by atoms with van der Waals surface area (Å²) in [7, 11) is 0. The fraction of sp³-hybridized carbons (Fsp3) is 0.391. The first-order valence-electron chi connectivity index (χ1n) is 10.1. The maximum atomic E-state index is 13.1. The van der Waals surface area contributed by atoms with Crippen molar-refractivity contribution in [2.75, 3.05) is 26.2 Å². The fourth-order valence-corrected chi connectivity index (χ4v) is 3.41. The minimum atomic E-state index is -0.0757. The van der Waals surface area contributed by atoms with E-state index in [1.807, 2.05) is 41.8 Å². The van der Waals surface area contributed by atoms with Crippen LogP contribution < -0.4 is 5.32 Å². The first-order valence-corrected chi connectivity index (χ1v) is 10.1. The van der Waals surface area contributed by atoms with E-state index in [0.29, 0.717) is 12.2 Å². The summed E-state index contributed by atoms with van der Waals surface area (Å²) in [5, 5.41) is 3.10. The molecule has 0 aliphatic rings. The second-order valence-electron chi connectivity index (χ2n) is 7.25. The van der Waals surface area contributed by atoms with Crippen molar-refractivity contribution < 1.29 is 4.79 Å². The summed E-state index contributed by atoms with van der Waals surface area (Å²) in [6, 6.07) is 12.1. The minimum Gasteiger partial charge on any atom is -0.351 e. The van der Waals surface area contributed by atoms with Gasteiger partial charge in [0.1, 0.15) is 17.0 Å². The van der Waals surface area contributed by atoms with E-state index in [1.165, 1.54) is 5.56 Å². The zero-order valence-electron chi connectivity index (χ0n) is 17.3. The SMILES string of the molecule is CCN(CC)CCCNC(=O)c1c(-c2ccc(C)cc2)nc2ccc(C)cn12. The Morgan fingerprint density at radius 3 is 2.39 bits per heavy atom. The Kier molecular flexibility index (Phi) is 6.47. The lowest BCUT2D eigenvalue weighted by Crippen LogP contribution is -2.30. The van der Waals surface area contributed by atoms with Gasteiger partial charge < -0.3 is 10.2 Å². The molecule has 1 amide bonds. The Hall–Kier alpha value is -2.66. The van der Waals surface area contributed by atoms with Gasteiger partial charge in [-0.3, -0.25) is 9.20 Å². The van der Waals surface area contributed by atoms with E-state index in [4.69, 9.17) is 4.98 Å². The highest BCUT2D eigenvalue weighted by molar-refractivity contribution is 5.99. The van der Waals surface area contributed by atoms with Crippen molar-refractivity contribution in [1.29, 1.82) is 0 Å². The van der Waals surface area contributed by atoms with Gasteiger partial charge in [0.2, 0.25) is 0 Å². The Balaban J connectivity index is 1.87. The summed E-state index contributed by atoms with van der Waals surface area (Å²) in [6.07, 6.45) is 2.91. The lowest BCUT2D eigenvalue weighted by molar-refractivity contribution is 0.0946. The highest BCUT2D eigenvalue weighted by Gasteiger charge is 2.20. The molecule has 0 spiro atoms. The Labute approximate surface area is 167 Å². The van der Waals surface area contributed by atoms with Crippen LogP contribution in [0.4, 0.5) is 0 Å². The van der Waals surface area contributed by atoms with E-state index in [0.717, 1.165) is 48.5 Å². The van der Waals surface area contributed by atoms with Crippen molar-refractivity contribution in [2.45, 2.75) is 34.1 Å². The number of aromatic nitrogens is 2. The molecule has 5 heteroatoms. The number of hydrogen-bond acceptors (Lipinski definition) is 3. The van der Waals surface area contributed by atoms with E-state index in [9.17, 15) is 4.79 Å². The van der Waals surface area contributed by atoms with Gasteiger partial charge in [0.25, 0.3) is 5.91 Å². The van der Waals surface area contributed by atoms with E-state index in [-0.39, 0.29) is 5.91 Å². The van der Waals surface area contributed by atoms with Crippen LogP contribution in [0.5, 0.6) is 0 Å². The van der Waals surface area contributed by atoms with Gasteiger partial charge in [-0.15, -0.1) is 0 Å². The molecule has 0 aliphatic heterocycles. The zero-order valence-corrected chi connectivity index (χ0v) is 17.3. The first-order chi connectivity index (χ1) is 13.5. The van der Waals surface area contributed by atoms with Crippen LogP contribution in [-0.4, -0.2) is 46.4 Å². The molecule has 148 valence electrons. The number of carbonyl (C=O) groups is 1. The molecule has 3 aromatic rings. The van der Waals surface area contributed by atoms with Crippen molar-refractivity contribution in [1.82, 2.24) is 19.6 Å². The molecule has 0 radical (unpaired) electrons. The lowest BCUT2D eigenvalue weighted by Gasteiger charge is -2.17. The third-order valence-electron chi connectivity index (χ3n) is 5.14. The number of aryl methyl sites for hydroxylation is 2. The molecule has 0 atom stereocenters. The average molecular weight is 379 g/mol. The second kappa shape index (κ2) is 9.02. The second-order valence-corrected chi connectivity index (χ2v) is 7.25. The van der Waals surface area contributed by atoms with E-state index < -0.39 is 0 Å². The molecule has 3 rings (SSSR count). The molecule has 0 bridgehead atoms. The Morgan fingerprint density at radius 2 is 1.71 bits per heavy atom. The topological polar surface area (TPSA) is 49.6 Å². The van der Waals surface area contributed by atoms with Crippen LogP contribution >= 0.6 is 0 Å². The van der Waals surface area contributed by atoms with Crippen LogP contribution in [0.2, 0.25) is 0 Å². The molecular formula is C23H30N4O. The van der Waals surface area contributed by atoms with Gasteiger partial charge in [0.05, 0.1) is 0 Å². The quantitative estimate of drug-likeness (QED) is 0.601. The molecule has 0 saturated carbocycles. The lowest BCUT2D eigenvalue weighted by atomic mass is 10.1. The van der Waals surface area contributed by atoms with Crippen LogP contribution in [0.15, 0.2) is 42.6 Å². The highest BCUT2D eigenvalue weighted by Crippen LogP contribution is 2.25. The molecule has 1 aromatic carbocycles. The first kappa shape index (κ1) is 20.1. The molecule has 28 heavy (non-hydrogen) atoms. The average Bonchev–Trinajstić information content (AvgIpc) is 3.07. The summed E-state index contributed by atoms with van der Waals surface area (Å²) in [4.78, 5) is 20.2. The number of pyridine rings is 1. The molecule has 0 saturated heterocycles. The van der Waals surface area contributed by atoms with Gasteiger partial charge >= 0.3 is 0 Å². The van der Waals surface area contributed by atoms with Gasteiger partial charge in [-0.25, -0.2) is 4.98 Å². The highest BCUT2D eigenvalue weighted by atomic mass is 16.1. The van der Waals surface area contributed by atoms with Crippen molar-refractivity contribution in [2.24, 2.45) is 0 Å². The molecule has 0 unspecified atom stereocenters. The van der Waals surface area contributed by atoms with Gasteiger partial charge in [0, 0.05) is 18.3 Å². The van der Waals surface area contributed by atoms with E-state index in [2.05, 4.69) is 43.1 Å². The van der Waals surface area contributed by atoms with Crippen LogP contribution in [0.1, 0.15) is 41.9 Å². The van der Waals surface area contributed by atoms with E-state index >= 15 is 0 Å². The third kappa shape index (κ3) is 4.42. The number of hydrogen-bond donors (Lipinski definition) is 1. The number of rotatable bonds is 8. The minimum absolute atomic E-state index is 0.0757. The Morgan fingerprint density at radius 1 is 1.04 bits per heavy atom. The summed E-state index contributed by atoms with van der Waals surface area (Å²) < 4.78 is 1.91. The van der Waals surface area contributed by atoms with Crippen LogP contribution in [0.25, 0.3) is 16.9 Å². The maximum absolute atomic E-state index is 13.1. The van der Waals surface area contributed by atoms with Crippen LogP contribution in [0, 0.1) is 13.8 Å². The van der Waals surface area contributed by atoms with Gasteiger partial charge in [-0.1, -0.05) is 49.7 Å². The number of carbonyl (C=O) groups excluding carboxylic acids is 1. The smallest absolute Gasteiger partial charge is 0.270 e. The standard InChI is InChI=1S/C23H30N4O/c1-5-26(6-2)15-7-14-24-23(28)22-21(19-11-8-17(3)9-12-19)25-20-13-10-18(4)16-27(20)22/h8-13,16H,5-7,14-15H2,1-4H3,(H,24,28). The van der Waals surface area contributed by atoms with Gasteiger partial charge in [-0.05, 0) is 51.5 Å². The van der Waals surface area contributed by atoms with Crippen molar-refractivity contribution in [3.63, 3.8) is 0 Å². The maximum Gasteiger partial charge on any atom is 0.270 e. The van der Waals surface area contributed by atoms with Crippen molar-refractivity contribution >= 4 is 11.6 Å². The van der Waals surface area contributed by atoms with Gasteiger partial charge in [0.15, 0.2) is 0 Å². The predicted molar refractivity (Wildman–Crippen MR) is 115 cm³/mol.